The fourth-order valence-electron chi connectivity index (χ4n) is 1.90. The van der Waals surface area contributed by atoms with Crippen LogP contribution in [0, 0.1) is 0 Å². The molecule has 3 nitrogen and oxygen atoms in total. The van der Waals surface area contributed by atoms with Gasteiger partial charge in [0.2, 0.25) is 0 Å². The van der Waals surface area contributed by atoms with Crippen molar-refractivity contribution in [2.45, 2.75) is 44.9 Å². The van der Waals surface area contributed by atoms with Gasteiger partial charge in [-0.25, -0.2) is 4.98 Å². The maximum Gasteiger partial charge on any atom is 0.313 e. The fourth-order valence-corrected chi connectivity index (χ4v) is 3.19. The second kappa shape index (κ2) is 3.30. The van der Waals surface area contributed by atoms with Gasteiger partial charge in [-0.1, -0.05) is 13.8 Å². The van der Waals surface area contributed by atoms with E-state index in [2.05, 4.69) is 18.8 Å². The summed E-state index contributed by atoms with van der Waals surface area (Å²) in [5, 5.41) is 9.67. The summed E-state index contributed by atoms with van der Waals surface area (Å²) in [7, 11) is 0. The number of nitrogens with zero attached hydrogens (tertiary/aromatic N) is 1. The summed E-state index contributed by atoms with van der Waals surface area (Å²) in [6.45, 7) is 6.05. The van der Waals surface area contributed by atoms with Crippen molar-refractivity contribution < 1.29 is 9.90 Å². The van der Waals surface area contributed by atoms with Crippen LogP contribution in [0.1, 0.15) is 48.7 Å². The number of hydrogen-bond acceptors (Lipinski definition) is 3. The van der Waals surface area contributed by atoms with Gasteiger partial charge < -0.3 is 5.11 Å². The molecule has 2 rings (SSSR count). The third-order valence-electron chi connectivity index (χ3n) is 3.07. The van der Waals surface area contributed by atoms with E-state index in [9.17, 15) is 4.79 Å². The zero-order valence-corrected chi connectivity index (χ0v) is 10.0. The lowest BCUT2D eigenvalue weighted by Gasteiger charge is -2.15. The summed E-state index contributed by atoms with van der Waals surface area (Å²) >= 11 is 1.57. The van der Waals surface area contributed by atoms with Crippen LogP contribution < -0.4 is 0 Å². The molecule has 0 spiro atoms. The highest BCUT2D eigenvalue weighted by Gasteiger charge is 2.35. The Kier molecular flexibility index (Phi) is 2.34. The minimum atomic E-state index is -0.791. The van der Waals surface area contributed by atoms with Crippen LogP contribution in [0.3, 0.4) is 0 Å². The monoisotopic (exact) mass is 225 g/mol. The molecular weight excluding hydrogens is 210 g/mol. The fraction of sp³-hybridized carbons (Fsp3) is 0.636. The summed E-state index contributed by atoms with van der Waals surface area (Å²) < 4.78 is 0. The van der Waals surface area contributed by atoms with E-state index in [1.54, 1.807) is 18.3 Å². The number of carboxylic acid groups (broad SMARTS) is 1. The Balaban J connectivity index is 2.37. The number of hydrogen-bond donors (Lipinski definition) is 1. The van der Waals surface area contributed by atoms with Crippen molar-refractivity contribution in [1.29, 1.82) is 0 Å². The van der Waals surface area contributed by atoms with Crippen LogP contribution >= 0.6 is 11.3 Å². The van der Waals surface area contributed by atoms with Crippen LogP contribution in [-0.4, -0.2) is 16.1 Å². The van der Waals surface area contributed by atoms with Crippen molar-refractivity contribution in [3.05, 3.63) is 15.6 Å². The molecule has 1 atom stereocenters. The van der Waals surface area contributed by atoms with Crippen LogP contribution in [0.4, 0.5) is 0 Å². The van der Waals surface area contributed by atoms with Crippen molar-refractivity contribution >= 4 is 17.3 Å². The third kappa shape index (κ3) is 1.67. The number of rotatable bonds is 2. The largest absolute Gasteiger partial charge is 0.481 e. The van der Waals surface area contributed by atoms with Gasteiger partial charge in [0.05, 0.1) is 5.69 Å². The Labute approximate surface area is 93.2 Å². The molecule has 0 aliphatic heterocycles. The molecule has 0 saturated carbocycles. The molecule has 1 aliphatic rings. The lowest BCUT2D eigenvalue weighted by atomic mass is 9.91. The van der Waals surface area contributed by atoms with Gasteiger partial charge in [0, 0.05) is 10.3 Å². The molecule has 0 saturated heterocycles. The summed E-state index contributed by atoms with van der Waals surface area (Å²) in [5.41, 5.74) is 1.25. The summed E-state index contributed by atoms with van der Waals surface area (Å²) in [5.74, 6) is -1.27. The highest BCUT2D eigenvalue weighted by molar-refractivity contribution is 7.12. The van der Waals surface area contributed by atoms with E-state index in [0.29, 0.717) is 0 Å². The second-order valence-corrected chi connectivity index (χ2v) is 5.88. The molecule has 1 heterocycles. The molecule has 1 aliphatic carbocycles. The minimum absolute atomic E-state index is 0.127. The van der Waals surface area contributed by atoms with E-state index in [4.69, 9.17) is 5.11 Å². The lowest BCUT2D eigenvalue weighted by molar-refractivity contribution is -0.138. The highest BCUT2D eigenvalue weighted by Crippen LogP contribution is 2.41. The summed E-state index contributed by atoms with van der Waals surface area (Å²) in [4.78, 5) is 16.6. The quantitative estimate of drug-likeness (QED) is 0.841. The zero-order chi connectivity index (χ0) is 11.2. The molecule has 1 aromatic heterocycles. The molecule has 4 heteroatoms. The zero-order valence-electron chi connectivity index (χ0n) is 9.20. The topological polar surface area (TPSA) is 50.2 Å². The van der Waals surface area contributed by atoms with Gasteiger partial charge >= 0.3 is 5.97 Å². The van der Waals surface area contributed by atoms with Crippen LogP contribution in [0.15, 0.2) is 0 Å². The molecule has 1 N–H and O–H groups in total. The number of thiazole rings is 1. The van der Waals surface area contributed by atoms with Crippen LogP contribution in [-0.2, 0) is 16.6 Å². The number of fused-ring (bicyclic) bond motifs is 1. The summed E-state index contributed by atoms with van der Waals surface area (Å²) in [6.07, 6.45) is 2.18. The summed E-state index contributed by atoms with van der Waals surface area (Å²) in [6, 6.07) is 0. The molecule has 0 aromatic carbocycles. The number of carbonyl (C=O) groups is 1. The molecule has 1 aromatic rings. The highest BCUT2D eigenvalue weighted by atomic mass is 32.1. The first kappa shape index (κ1) is 10.6. The maximum absolute atomic E-state index is 10.9. The van der Waals surface area contributed by atoms with Crippen molar-refractivity contribution in [2.75, 3.05) is 0 Å². The van der Waals surface area contributed by atoms with Crippen molar-refractivity contribution in [2.24, 2.45) is 0 Å². The molecule has 1 unspecified atom stereocenters. The average molecular weight is 225 g/mol. The van der Waals surface area contributed by atoms with Gasteiger partial charge in [0.25, 0.3) is 0 Å². The number of carboxylic acids is 1. The molecule has 0 amide bonds. The molecule has 0 radical (unpaired) electrons. The van der Waals surface area contributed by atoms with E-state index < -0.39 is 11.9 Å². The first-order valence-electron chi connectivity index (χ1n) is 5.15. The predicted molar refractivity (Wildman–Crippen MR) is 59.5 cm³/mol. The SMILES string of the molecule is CC(C(=O)O)c1nc2c(s1)CCC2(C)C. The minimum Gasteiger partial charge on any atom is -0.481 e. The van der Waals surface area contributed by atoms with Crippen LogP contribution in [0.25, 0.3) is 0 Å². The van der Waals surface area contributed by atoms with Gasteiger partial charge in [-0.2, -0.15) is 0 Å². The van der Waals surface area contributed by atoms with Gasteiger partial charge in [0.15, 0.2) is 0 Å². The molecule has 15 heavy (non-hydrogen) atoms. The van der Waals surface area contributed by atoms with Crippen molar-refractivity contribution in [3.8, 4) is 0 Å². The average Bonchev–Trinajstić information content (AvgIpc) is 2.66. The maximum atomic E-state index is 10.9. The van der Waals surface area contributed by atoms with Crippen molar-refractivity contribution in [1.82, 2.24) is 4.98 Å². The molecule has 0 fully saturated rings. The Morgan fingerprint density at radius 2 is 2.27 bits per heavy atom. The van der Waals surface area contributed by atoms with E-state index in [0.717, 1.165) is 23.5 Å². The Hall–Kier alpha value is -0.900. The van der Waals surface area contributed by atoms with E-state index in [1.807, 2.05) is 0 Å². The van der Waals surface area contributed by atoms with Gasteiger partial charge in [-0.05, 0) is 19.8 Å². The smallest absolute Gasteiger partial charge is 0.313 e. The number of aliphatic carboxylic acids is 1. The Bertz CT molecular complexity index is 409. The standard InChI is InChI=1S/C11H15NO2S/c1-6(10(13)14)9-12-8-7(15-9)4-5-11(8,2)3/h6H,4-5H2,1-3H3,(H,13,14). The normalized spacial score (nSPS) is 19.9. The van der Waals surface area contributed by atoms with Gasteiger partial charge in [-0.3, -0.25) is 4.79 Å². The number of aryl methyl sites for hydroxylation is 1. The second-order valence-electron chi connectivity index (χ2n) is 4.77. The third-order valence-corrected chi connectivity index (χ3v) is 4.37. The van der Waals surface area contributed by atoms with Crippen LogP contribution in [0.5, 0.6) is 0 Å². The van der Waals surface area contributed by atoms with E-state index >= 15 is 0 Å². The van der Waals surface area contributed by atoms with Crippen molar-refractivity contribution in [3.63, 3.8) is 0 Å². The molecule has 82 valence electrons. The molecular formula is C11H15NO2S. The first-order chi connectivity index (χ1) is 6.92. The van der Waals surface area contributed by atoms with Gasteiger partial charge in [0.1, 0.15) is 10.9 Å². The van der Waals surface area contributed by atoms with E-state index in [-0.39, 0.29) is 5.41 Å². The Morgan fingerprint density at radius 1 is 1.60 bits per heavy atom. The van der Waals surface area contributed by atoms with E-state index in [1.165, 1.54) is 4.88 Å². The lowest BCUT2D eigenvalue weighted by Crippen LogP contribution is -2.14. The Morgan fingerprint density at radius 3 is 2.80 bits per heavy atom. The molecule has 0 bridgehead atoms. The van der Waals surface area contributed by atoms with Gasteiger partial charge in [-0.15, -0.1) is 11.3 Å². The predicted octanol–water partition coefficient (Wildman–Crippen LogP) is 2.56. The first-order valence-corrected chi connectivity index (χ1v) is 5.96. The van der Waals surface area contributed by atoms with Crippen LogP contribution in [0.2, 0.25) is 0 Å². The number of aromatic nitrogens is 1.